The fraction of sp³-hybridized carbons (Fsp3) is 0.500. The molecule has 5 heteroatoms. The third-order valence-corrected chi connectivity index (χ3v) is 2.73. The zero-order valence-electron chi connectivity index (χ0n) is 10.6. The summed E-state index contributed by atoms with van der Waals surface area (Å²) >= 11 is 0. The molecule has 2 heterocycles. The van der Waals surface area contributed by atoms with Crippen molar-refractivity contribution in [1.82, 2.24) is 19.6 Å². The number of hydrogen-bond donors (Lipinski definition) is 1. The van der Waals surface area contributed by atoms with Gasteiger partial charge in [0.2, 0.25) is 0 Å². The van der Waals surface area contributed by atoms with Gasteiger partial charge in [-0.2, -0.15) is 10.2 Å². The maximum Gasteiger partial charge on any atom is 0.0853 e. The lowest BCUT2D eigenvalue weighted by Crippen LogP contribution is -2.00. The normalized spacial score (nSPS) is 10.8. The number of aromatic nitrogens is 4. The van der Waals surface area contributed by atoms with E-state index in [0.29, 0.717) is 0 Å². The van der Waals surface area contributed by atoms with Crippen LogP contribution in [0.3, 0.4) is 0 Å². The zero-order chi connectivity index (χ0) is 12.3. The minimum atomic E-state index is 0.790. The Hall–Kier alpha value is -1.78. The lowest BCUT2D eigenvalue weighted by atomic mass is 10.3. The van der Waals surface area contributed by atoms with Crippen LogP contribution in [-0.2, 0) is 26.6 Å². The van der Waals surface area contributed by atoms with E-state index in [1.807, 2.05) is 28.8 Å². The monoisotopic (exact) mass is 233 g/mol. The maximum absolute atomic E-state index is 4.40. The molecule has 0 bridgehead atoms. The highest BCUT2D eigenvalue weighted by molar-refractivity contribution is 5.46. The molecule has 2 aromatic rings. The SMILES string of the molecule is CCc1nn(C)cc1NCc1cnn(CC)c1. The smallest absolute Gasteiger partial charge is 0.0853 e. The summed E-state index contributed by atoms with van der Waals surface area (Å²) in [5, 5.41) is 12.0. The first-order valence-corrected chi connectivity index (χ1v) is 6.00. The molecule has 0 fully saturated rings. The number of nitrogens with one attached hydrogen (secondary N) is 1. The highest BCUT2D eigenvalue weighted by atomic mass is 15.3. The molecule has 1 N–H and O–H groups in total. The summed E-state index contributed by atoms with van der Waals surface area (Å²) in [5.74, 6) is 0. The van der Waals surface area contributed by atoms with Crippen LogP contribution in [0.1, 0.15) is 25.1 Å². The second kappa shape index (κ2) is 5.03. The van der Waals surface area contributed by atoms with E-state index in [4.69, 9.17) is 0 Å². The number of nitrogens with zero attached hydrogens (tertiary/aromatic N) is 4. The molecule has 5 nitrogen and oxygen atoms in total. The summed E-state index contributed by atoms with van der Waals surface area (Å²) in [4.78, 5) is 0. The molecule has 0 aliphatic carbocycles. The molecule has 0 unspecified atom stereocenters. The Morgan fingerprint density at radius 3 is 2.76 bits per heavy atom. The van der Waals surface area contributed by atoms with Crippen LogP contribution in [0.5, 0.6) is 0 Å². The molecule has 0 aliphatic heterocycles. The van der Waals surface area contributed by atoms with Gasteiger partial charge >= 0.3 is 0 Å². The average molecular weight is 233 g/mol. The van der Waals surface area contributed by atoms with Gasteiger partial charge in [-0.25, -0.2) is 0 Å². The molecule has 0 radical (unpaired) electrons. The molecule has 0 amide bonds. The molecule has 2 rings (SSSR count). The first kappa shape index (κ1) is 11.7. The van der Waals surface area contributed by atoms with Gasteiger partial charge in [0.25, 0.3) is 0 Å². The molecular weight excluding hydrogens is 214 g/mol. The van der Waals surface area contributed by atoms with Gasteiger partial charge in [-0.3, -0.25) is 9.36 Å². The number of anilines is 1. The van der Waals surface area contributed by atoms with E-state index >= 15 is 0 Å². The Balaban J connectivity index is 2.01. The Labute approximate surface area is 101 Å². The maximum atomic E-state index is 4.40. The van der Waals surface area contributed by atoms with Crippen molar-refractivity contribution in [2.45, 2.75) is 33.4 Å². The summed E-state index contributed by atoms with van der Waals surface area (Å²) in [6.45, 7) is 5.90. The van der Waals surface area contributed by atoms with Crippen LogP contribution >= 0.6 is 0 Å². The van der Waals surface area contributed by atoms with Crippen molar-refractivity contribution < 1.29 is 0 Å². The van der Waals surface area contributed by atoms with Crippen molar-refractivity contribution in [3.8, 4) is 0 Å². The lowest BCUT2D eigenvalue weighted by molar-refractivity contribution is 0.659. The lowest BCUT2D eigenvalue weighted by Gasteiger charge is -2.02. The summed E-state index contributed by atoms with van der Waals surface area (Å²) in [6.07, 6.45) is 6.92. The van der Waals surface area contributed by atoms with Crippen LogP contribution in [0.25, 0.3) is 0 Å². The molecule has 2 aromatic heterocycles. The van der Waals surface area contributed by atoms with E-state index in [1.54, 1.807) is 0 Å². The second-order valence-electron chi connectivity index (χ2n) is 4.07. The third kappa shape index (κ3) is 2.67. The Morgan fingerprint density at radius 2 is 2.12 bits per heavy atom. The van der Waals surface area contributed by atoms with Gasteiger partial charge < -0.3 is 5.32 Å². The first-order chi connectivity index (χ1) is 8.22. The predicted octanol–water partition coefficient (Wildman–Crippen LogP) is 1.81. The van der Waals surface area contributed by atoms with Crippen LogP contribution in [-0.4, -0.2) is 19.6 Å². The Morgan fingerprint density at radius 1 is 1.29 bits per heavy atom. The van der Waals surface area contributed by atoms with Gasteiger partial charge in [0.15, 0.2) is 0 Å². The van der Waals surface area contributed by atoms with E-state index < -0.39 is 0 Å². The summed E-state index contributed by atoms with van der Waals surface area (Å²) in [5.41, 5.74) is 3.41. The van der Waals surface area contributed by atoms with Crippen LogP contribution < -0.4 is 5.32 Å². The topological polar surface area (TPSA) is 47.7 Å². The summed E-state index contributed by atoms with van der Waals surface area (Å²) in [7, 11) is 1.94. The number of rotatable bonds is 5. The van der Waals surface area contributed by atoms with Crippen LogP contribution in [0.15, 0.2) is 18.6 Å². The van der Waals surface area contributed by atoms with Gasteiger partial charge in [-0.1, -0.05) is 6.92 Å². The molecule has 0 saturated carbocycles. The third-order valence-electron chi connectivity index (χ3n) is 2.73. The standard InChI is InChI=1S/C12H19N5/c1-4-11-12(9-16(3)15-11)13-6-10-7-14-17(5-2)8-10/h7-9,13H,4-6H2,1-3H3. The molecule has 0 spiro atoms. The fourth-order valence-electron chi connectivity index (χ4n) is 1.81. The Kier molecular flexibility index (Phi) is 3.46. The average Bonchev–Trinajstić information content (AvgIpc) is 2.92. The number of hydrogen-bond acceptors (Lipinski definition) is 3. The molecule has 0 aromatic carbocycles. The minimum Gasteiger partial charge on any atom is -0.378 e. The van der Waals surface area contributed by atoms with Crippen molar-refractivity contribution in [1.29, 1.82) is 0 Å². The van der Waals surface area contributed by atoms with Gasteiger partial charge in [-0.15, -0.1) is 0 Å². The predicted molar refractivity (Wildman–Crippen MR) is 67.8 cm³/mol. The molecule has 0 saturated heterocycles. The zero-order valence-corrected chi connectivity index (χ0v) is 10.6. The van der Waals surface area contributed by atoms with Gasteiger partial charge in [0, 0.05) is 38.1 Å². The van der Waals surface area contributed by atoms with Crippen LogP contribution in [0.4, 0.5) is 5.69 Å². The largest absolute Gasteiger partial charge is 0.378 e. The minimum absolute atomic E-state index is 0.790. The van der Waals surface area contributed by atoms with Gasteiger partial charge in [0.1, 0.15) is 0 Å². The van der Waals surface area contributed by atoms with E-state index in [1.165, 1.54) is 5.56 Å². The fourth-order valence-corrected chi connectivity index (χ4v) is 1.81. The van der Waals surface area contributed by atoms with Crippen molar-refractivity contribution in [2.75, 3.05) is 5.32 Å². The molecule has 0 atom stereocenters. The van der Waals surface area contributed by atoms with Crippen LogP contribution in [0, 0.1) is 0 Å². The molecular formula is C12H19N5. The van der Waals surface area contributed by atoms with Crippen molar-refractivity contribution in [3.63, 3.8) is 0 Å². The molecule has 17 heavy (non-hydrogen) atoms. The van der Waals surface area contributed by atoms with E-state index in [-0.39, 0.29) is 0 Å². The number of aryl methyl sites for hydroxylation is 3. The van der Waals surface area contributed by atoms with Crippen molar-refractivity contribution in [3.05, 3.63) is 29.8 Å². The van der Waals surface area contributed by atoms with E-state index in [0.717, 1.165) is 30.9 Å². The van der Waals surface area contributed by atoms with Gasteiger partial charge in [0.05, 0.1) is 17.6 Å². The highest BCUT2D eigenvalue weighted by Gasteiger charge is 2.05. The molecule has 92 valence electrons. The van der Waals surface area contributed by atoms with E-state index in [9.17, 15) is 0 Å². The van der Waals surface area contributed by atoms with Crippen LogP contribution in [0.2, 0.25) is 0 Å². The van der Waals surface area contributed by atoms with E-state index in [2.05, 4.69) is 35.6 Å². The quantitative estimate of drug-likeness (QED) is 0.856. The van der Waals surface area contributed by atoms with Gasteiger partial charge in [-0.05, 0) is 13.3 Å². The summed E-state index contributed by atoms with van der Waals surface area (Å²) < 4.78 is 3.78. The summed E-state index contributed by atoms with van der Waals surface area (Å²) in [6, 6.07) is 0. The molecule has 0 aliphatic rings. The Bertz CT molecular complexity index is 483. The second-order valence-corrected chi connectivity index (χ2v) is 4.07. The van der Waals surface area contributed by atoms with Crippen molar-refractivity contribution >= 4 is 5.69 Å². The first-order valence-electron chi connectivity index (χ1n) is 6.00. The highest BCUT2D eigenvalue weighted by Crippen LogP contribution is 2.14. The van der Waals surface area contributed by atoms with Crippen molar-refractivity contribution in [2.24, 2.45) is 7.05 Å².